The van der Waals surface area contributed by atoms with Crippen LogP contribution in [-0.2, 0) is 5.41 Å². The van der Waals surface area contributed by atoms with Crippen LogP contribution >= 0.6 is 34.9 Å². The minimum Gasteiger partial charge on any atom is -0.225 e. The Morgan fingerprint density at radius 2 is 2.06 bits per heavy atom. The molecule has 2 heterocycles. The quantitative estimate of drug-likeness (QED) is 0.792. The zero-order chi connectivity index (χ0) is 12.5. The Bertz CT molecular complexity index is 508. The van der Waals surface area contributed by atoms with E-state index in [1.54, 1.807) is 6.07 Å². The number of nitrogens with zero attached hydrogens (tertiary/aromatic N) is 4. The van der Waals surface area contributed by atoms with Crippen LogP contribution in [-0.4, -0.2) is 19.3 Å². The molecule has 0 N–H and O–H groups in total. The molecular formula is C10H11ClN4S2. The lowest BCUT2D eigenvalue weighted by Crippen LogP contribution is -2.16. The van der Waals surface area contributed by atoms with Crippen molar-refractivity contribution in [1.29, 1.82) is 0 Å². The lowest BCUT2D eigenvalue weighted by Gasteiger charge is -2.16. The fourth-order valence-electron chi connectivity index (χ4n) is 1.08. The highest BCUT2D eigenvalue weighted by molar-refractivity contribution is 8.00. The van der Waals surface area contributed by atoms with Crippen LogP contribution in [0.25, 0.3) is 0 Å². The maximum Gasteiger partial charge on any atom is 0.175 e. The molecule has 0 amide bonds. The number of rotatable bonds is 2. The Hall–Kier alpha value is -0.720. The fourth-order valence-corrected chi connectivity index (χ4v) is 2.72. The Morgan fingerprint density at radius 3 is 2.65 bits per heavy atom. The van der Waals surface area contributed by atoms with Crippen LogP contribution in [0, 0.1) is 0 Å². The van der Waals surface area contributed by atoms with Gasteiger partial charge in [0.2, 0.25) is 0 Å². The Labute approximate surface area is 113 Å². The summed E-state index contributed by atoms with van der Waals surface area (Å²) in [7, 11) is 0. The van der Waals surface area contributed by atoms with Gasteiger partial charge in [0.15, 0.2) is 4.34 Å². The highest BCUT2D eigenvalue weighted by Crippen LogP contribution is 2.30. The van der Waals surface area contributed by atoms with Gasteiger partial charge in [-0.05, 0) is 23.3 Å². The van der Waals surface area contributed by atoms with Gasteiger partial charge in [-0.3, -0.25) is 0 Å². The maximum atomic E-state index is 6.00. The van der Waals surface area contributed by atoms with Crippen LogP contribution in [0.2, 0.25) is 5.15 Å². The highest BCUT2D eigenvalue weighted by Gasteiger charge is 2.19. The van der Waals surface area contributed by atoms with Gasteiger partial charge in [0.05, 0.1) is 0 Å². The average Bonchev–Trinajstić information content (AvgIpc) is 2.68. The first-order valence-corrected chi connectivity index (χ1v) is 6.91. The number of hydrogen-bond donors (Lipinski definition) is 0. The molecule has 2 rings (SSSR count). The van der Waals surface area contributed by atoms with Crippen molar-refractivity contribution < 1.29 is 0 Å². The first-order valence-electron chi connectivity index (χ1n) is 4.95. The summed E-state index contributed by atoms with van der Waals surface area (Å²) in [5.74, 6) is 0.733. The normalized spacial score (nSPS) is 11.8. The molecule has 0 unspecified atom stereocenters. The minimum atomic E-state index is -0.124. The largest absolute Gasteiger partial charge is 0.225 e. The van der Waals surface area contributed by atoms with Gasteiger partial charge in [-0.25, -0.2) is 15.0 Å². The van der Waals surface area contributed by atoms with Crippen LogP contribution < -0.4 is 0 Å². The summed E-state index contributed by atoms with van der Waals surface area (Å²) >= 11 is 8.78. The third kappa shape index (κ3) is 3.37. The third-order valence-electron chi connectivity index (χ3n) is 1.88. The molecule has 17 heavy (non-hydrogen) atoms. The zero-order valence-electron chi connectivity index (χ0n) is 9.64. The predicted molar refractivity (Wildman–Crippen MR) is 69.8 cm³/mol. The van der Waals surface area contributed by atoms with E-state index in [9.17, 15) is 0 Å². The molecule has 90 valence electrons. The van der Waals surface area contributed by atoms with Crippen LogP contribution in [0.4, 0.5) is 0 Å². The Balaban J connectivity index is 2.32. The van der Waals surface area contributed by atoms with E-state index in [1.807, 2.05) is 0 Å². The van der Waals surface area contributed by atoms with Crippen LogP contribution in [0.3, 0.4) is 0 Å². The van der Waals surface area contributed by atoms with Crippen LogP contribution in [0.5, 0.6) is 0 Å². The molecule has 0 atom stereocenters. The summed E-state index contributed by atoms with van der Waals surface area (Å²) in [6.45, 7) is 6.16. The van der Waals surface area contributed by atoms with Crippen molar-refractivity contribution in [3.05, 3.63) is 23.4 Å². The van der Waals surface area contributed by atoms with Crippen LogP contribution in [0.15, 0.2) is 21.8 Å². The topological polar surface area (TPSA) is 51.6 Å². The van der Waals surface area contributed by atoms with Crippen molar-refractivity contribution in [2.24, 2.45) is 0 Å². The maximum absolute atomic E-state index is 6.00. The number of hydrogen-bond acceptors (Lipinski definition) is 6. The van der Waals surface area contributed by atoms with E-state index in [0.29, 0.717) is 5.15 Å². The smallest absolute Gasteiger partial charge is 0.175 e. The van der Waals surface area contributed by atoms with Crippen LogP contribution in [0.1, 0.15) is 26.6 Å². The van der Waals surface area contributed by atoms with E-state index >= 15 is 0 Å². The van der Waals surface area contributed by atoms with Crippen molar-refractivity contribution >= 4 is 34.9 Å². The minimum absolute atomic E-state index is 0.124. The van der Waals surface area contributed by atoms with E-state index in [4.69, 9.17) is 11.6 Å². The van der Waals surface area contributed by atoms with E-state index < -0.39 is 0 Å². The van der Waals surface area contributed by atoms with Crippen molar-refractivity contribution in [3.63, 3.8) is 0 Å². The molecule has 4 nitrogen and oxygen atoms in total. The first-order chi connectivity index (χ1) is 7.95. The van der Waals surface area contributed by atoms with Crippen molar-refractivity contribution in [2.45, 2.75) is 35.6 Å². The van der Waals surface area contributed by atoms with Gasteiger partial charge in [-0.2, -0.15) is 4.37 Å². The predicted octanol–water partition coefficient (Wildman–Crippen LogP) is 3.43. The summed E-state index contributed by atoms with van der Waals surface area (Å²) in [6, 6.07) is 1.74. The number of aromatic nitrogens is 4. The van der Waals surface area contributed by atoms with Gasteiger partial charge in [0, 0.05) is 11.5 Å². The van der Waals surface area contributed by atoms with E-state index in [-0.39, 0.29) is 5.41 Å². The van der Waals surface area contributed by atoms with E-state index in [2.05, 4.69) is 40.1 Å². The molecule has 2 aromatic heterocycles. The molecule has 0 radical (unpaired) electrons. The van der Waals surface area contributed by atoms with Crippen molar-refractivity contribution in [2.75, 3.05) is 0 Å². The summed E-state index contributed by atoms with van der Waals surface area (Å²) < 4.78 is 4.79. The highest BCUT2D eigenvalue weighted by atomic mass is 35.5. The monoisotopic (exact) mass is 286 g/mol. The van der Waals surface area contributed by atoms with E-state index in [1.165, 1.54) is 29.6 Å². The number of halogens is 1. The van der Waals surface area contributed by atoms with Crippen molar-refractivity contribution in [1.82, 2.24) is 19.3 Å². The second kappa shape index (κ2) is 4.88. The third-order valence-corrected chi connectivity index (χ3v) is 3.70. The lowest BCUT2D eigenvalue weighted by atomic mass is 9.96. The summed E-state index contributed by atoms with van der Waals surface area (Å²) in [5, 5.41) is 1.25. The van der Waals surface area contributed by atoms with Gasteiger partial charge in [-0.1, -0.05) is 32.4 Å². The Kier molecular flexibility index (Phi) is 3.65. The molecule has 2 aromatic rings. The molecule has 0 aliphatic heterocycles. The van der Waals surface area contributed by atoms with Gasteiger partial charge in [0.1, 0.15) is 22.3 Å². The zero-order valence-corrected chi connectivity index (χ0v) is 12.0. The molecule has 0 saturated heterocycles. The molecular weight excluding hydrogens is 276 g/mol. The molecule has 0 bridgehead atoms. The standard InChI is InChI=1S/C10H11ClN4S2/c1-10(2,3)8-14-6(11)4-7(15-8)16-9-12-5-13-17-9/h4-5H,1-3H3. The molecule has 0 aromatic carbocycles. The van der Waals surface area contributed by atoms with Gasteiger partial charge >= 0.3 is 0 Å². The summed E-state index contributed by atoms with van der Waals surface area (Å²) in [4.78, 5) is 12.8. The average molecular weight is 287 g/mol. The Morgan fingerprint density at radius 1 is 1.29 bits per heavy atom. The molecule has 0 fully saturated rings. The van der Waals surface area contributed by atoms with Gasteiger partial charge < -0.3 is 0 Å². The van der Waals surface area contributed by atoms with Gasteiger partial charge in [0.25, 0.3) is 0 Å². The second-order valence-electron chi connectivity index (χ2n) is 4.41. The van der Waals surface area contributed by atoms with Gasteiger partial charge in [-0.15, -0.1) is 0 Å². The lowest BCUT2D eigenvalue weighted by molar-refractivity contribution is 0.538. The fraction of sp³-hybridized carbons (Fsp3) is 0.400. The molecule has 0 saturated carbocycles. The second-order valence-corrected chi connectivity index (χ2v) is 6.85. The van der Waals surface area contributed by atoms with E-state index in [0.717, 1.165) is 15.2 Å². The molecule has 0 aliphatic carbocycles. The SMILES string of the molecule is CC(C)(C)c1nc(Cl)cc(Sc2ncns2)n1. The summed E-state index contributed by atoms with van der Waals surface area (Å²) in [6.07, 6.45) is 1.53. The molecule has 0 aliphatic rings. The summed E-state index contributed by atoms with van der Waals surface area (Å²) in [5.41, 5.74) is -0.124. The van der Waals surface area contributed by atoms with Crippen molar-refractivity contribution in [3.8, 4) is 0 Å². The molecule has 7 heteroatoms. The molecule has 0 spiro atoms. The first kappa shape index (κ1) is 12.7.